The number of rotatable bonds is 11. The summed E-state index contributed by atoms with van der Waals surface area (Å²) in [6, 6.07) is 15.8. The first-order valence-corrected chi connectivity index (χ1v) is 9.86. The van der Waals surface area contributed by atoms with E-state index in [0.717, 1.165) is 37.0 Å². The van der Waals surface area contributed by atoms with Gasteiger partial charge in [0.1, 0.15) is 5.75 Å². The first kappa shape index (κ1) is 20.3. The van der Waals surface area contributed by atoms with Gasteiger partial charge in [0.15, 0.2) is 0 Å². The lowest BCUT2D eigenvalue weighted by molar-refractivity contribution is 0.0566. The fourth-order valence-corrected chi connectivity index (χ4v) is 2.90. The van der Waals surface area contributed by atoms with Gasteiger partial charge in [-0.25, -0.2) is 0 Å². The first-order valence-electron chi connectivity index (χ1n) is 9.86. The van der Waals surface area contributed by atoms with Crippen LogP contribution in [0.25, 0.3) is 17.2 Å². The van der Waals surface area contributed by atoms with Gasteiger partial charge in [-0.05, 0) is 61.4 Å². The molecule has 0 heterocycles. The van der Waals surface area contributed by atoms with Crippen LogP contribution in [0.3, 0.4) is 0 Å². The molecule has 0 bridgehead atoms. The van der Waals surface area contributed by atoms with Crippen LogP contribution in [-0.4, -0.2) is 17.8 Å². The molecule has 2 nitrogen and oxygen atoms in total. The molecule has 2 aromatic carbocycles. The van der Waals surface area contributed by atoms with E-state index in [4.69, 9.17) is 4.74 Å². The highest BCUT2D eigenvalue weighted by Crippen LogP contribution is 2.22. The molecule has 0 saturated heterocycles. The molecule has 26 heavy (non-hydrogen) atoms. The molecule has 1 atom stereocenters. The van der Waals surface area contributed by atoms with E-state index >= 15 is 0 Å². The molecular formula is C24H32O2. The molecule has 0 aliphatic heterocycles. The number of phenols is 1. The standard InChI is InChI=1S/C24H32O2/c1-3-4-8-19-26-20(2)9-6-5-7-10-21-11-13-22(14-12-21)23-15-17-24(25)18-16-23/h7,10-18,20,25H,3-6,8-9,19H2,1-2H3. The van der Waals surface area contributed by atoms with Crippen molar-refractivity contribution >= 4 is 6.08 Å². The van der Waals surface area contributed by atoms with E-state index in [1.807, 2.05) is 12.1 Å². The highest BCUT2D eigenvalue weighted by Gasteiger charge is 2.01. The Kier molecular flexibility index (Phi) is 8.99. The molecule has 0 fully saturated rings. The predicted molar refractivity (Wildman–Crippen MR) is 111 cm³/mol. The summed E-state index contributed by atoms with van der Waals surface area (Å²) in [7, 11) is 0. The van der Waals surface area contributed by atoms with Gasteiger partial charge in [-0.1, -0.05) is 68.3 Å². The van der Waals surface area contributed by atoms with E-state index in [1.54, 1.807) is 12.1 Å². The van der Waals surface area contributed by atoms with Gasteiger partial charge < -0.3 is 9.84 Å². The minimum absolute atomic E-state index is 0.300. The zero-order valence-electron chi connectivity index (χ0n) is 16.2. The van der Waals surface area contributed by atoms with Gasteiger partial charge in [0.25, 0.3) is 0 Å². The summed E-state index contributed by atoms with van der Waals surface area (Å²) in [5.41, 5.74) is 3.50. The first-order chi connectivity index (χ1) is 12.7. The SMILES string of the molecule is CCCCCOC(C)CCCC=Cc1ccc(-c2ccc(O)cc2)cc1. The van der Waals surface area contributed by atoms with E-state index in [2.05, 4.69) is 50.3 Å². The van der Waals surface area contributed by atoms with Crippen molar-refractivity contribution in [2.24, 2.45) is 0 Å². The van der Waals surface area contributed by atoms with Crippen molar-refractivity contribution in [3.63, 3.8) is 0 Å². The van der Waals surface area contributed by atoms with E-state index in [1.165, 1.54) is 24.8 Å². The van der Waals surface area contributed by atoms with Crippen LogP contribution in [0.2, 0.25) is 0 Å². The third kappa shape index (κ3) is 7.45. The van der Waals surface area contributed by atoms with E-state index < -0.39 is 0 Å². The Morgan fingerprint density at radius 1 is 0.923 bits per heavy atom. The Labute approximate surface area is 158 Å². The molecule has 0 radical (unpaired) electrons. The van der Waals surface area contributed by atoms with Gasteiger partial charge in [0.05, 0.1) is 6.10 Å². The van der Waals surface area contributed by atoms with Crippen LogP contribution in [0.5, 0.6) is 5.75 Å². The number of hydrogen-bond acceptors (Lipinski definition) is 2. The highest BCUT2D eigenvalue weighted by molar-refractivity contribution is 5.66. The molecule has 0 aromatic heterocycles. The second-order valence-corrected chi connectivity index (χ2v) is 6.89. The Morgan fingerprint density at radius 3 is 2.23 bits per heavy atom. The van der Waals surface area contributed by atoms with Crippen LogP contribution < -0.4 is 0 Å². The maximum atomic E-state index is 9.37. The third-order valence-electron chi connectivity index (χ3n) is 4.55. The molecule has 0 spiro atoms. The lowest BCUT2D eigenvalue weighted by Gasteiger charge is -2.12. The lowest BCUT2D eigenvalue weighted by Crippen LogP contribution is -2.08. The van der Waals surface area contributed by atoms with Gasteiger partial charge in [-0.15, -0.1) is 0 Å². The molecule has 1 unspecified atom stereocenters. The minimum atomic E-state index is 0.300. The summed E-state index contributed by atoms with van der Waals surface area (Å²) in [4.78, 5) is 0. The molecule has 0 saturated carbocycles. The average Bonchev–Trinajstić information content (AvgIpc) is 2.66. The number of unbranched alkanes of at least 4 members (excludes halogenated alkanes) is 3. The van der Waals surface area contributed by atoms with E-state index in [0.29, 0.717) is 11.9 Å². The number of hydrogen-bond donors (Lipinski definition) is 1. The van der Waals surface area contributed by atoms with Crippen LogP contribution >= 0.6 is 0 Å². The highest BCUT2D eigenvalue weighted by atomic mass is 16.5. The topological polar surface area (TPSA) is 29.5 Å². The zero-order valence-corrected chi connectivity index (χ0v) is 16.2. The fraction of sp³-hybridized carbons (Fsp3) is 0.417. The van der Waals surface area contributed by atoms with Crippen LogP contribution in [-0.2, 0) is 4.74 Å². The normalized spacial score (nSPS) is 12.5. The zero-order chi connectivity index (χ0) is 18.6. The molecule has 140 valence electrons. The predicted octanol–water partition coefficient (Wildman–Crippen LogP) is 6.84. The fourth-order valence-electron chi connectivity index (χ4n) is 2.90. The van der Waals surface area contributed by atoms with Crippen LogP contribution in [0.15, 0.2) is 54.6 Å². The molecule has 0 aliphatic rings. The summed E-state index contributed by atoms with van der Waals surface area (Å²) in [6.45, 7) is 5.30. The van der Waals surface area contributed by atoms with Gasteiger partial charge in [0, 0.05) is 6.61 Å². The Balaban J connectivity index is 1.69. The maximum absolute atomic E-state index is 9.37. The number of phenolic OH excluding ortho intramolecular Hbond substituents is 1. The van der Waals surface area contributed by atoms with Crippen LogP contribution in [0.1, 0.15) is 57.9 Å². The lowest BCUT2D eigenvalue weighted by atomic mass is 10.0. The third-order valence-corrected chi connectivity index (χ3v) is 4.55. The van der Waals surface area contributed by atoms with Crippen molar-refractivity contribution in [2.45, 2.75) is 58.5 Å². The van der Waals surface area contributed by atoms with Gasteiger partial charge >= 0.3 is 0 Å². The summed E-state index contributed by atoms with van der Waals surface area (Å²) >= 11 is 0. The second kappa shape index (κ2) is 11.5. The van der Waals surface area contributed by atoms with Crippen molar-refractivity contribution in [1.82, 2.24) is 0 Å². The van der Waals surface area contributed by atoms with Gasteiger partial charge in [-0.3, -0.25) is 0 Å². The smallest absolute Gasteiger partial charge is 0.115 e. The second-order valence-electron chi connectivity index (χ2n) is 6.89. The maximum Gasteiger partial charge on any atom is 0.115 e. The van der Waals surface area contributed by atoms with Crippen molar-refractivity contribution < 1.29 is 9.84 Å². The average molecular weight is 353 g/mol. The van der Waals surface area contributed by atoms with Gasteiger partial charge in [0.2, 0.25) is 0 Å². The molecular weight excluding hydrogens is 320 g/mol. The number of benzene rings is 2. The van der Waals surface area contributed by atoms with Crippen molar-refractivity contribution in [3.8, 4) is 16.9 Å². The molecule has 1 N–H and O–H groups in total. The minimum Gasteiger partial charge on any atom is -0.508 e. The van der Waals surface area contributed by atoms with Crippen molar-refractivity contribution in [2.75, 3.05) is 6.61 Å². The molecule has 2 rings (SSSR count). The number of allylic oxidation sites excluding steroid dienone is 1. The molecule has 2 aromatic rings. The van der Waals surface area contributed by atoms with Crippen LogP contribution in [0, 0.1) is 0 Å². The van der Waals surface area contributed by atoms with Crippen LogP contribution in [0.4, 0.5) is 0 Å². The molecule has 0 aliphatic carbocycles. The summed E-state index contributed by atoms with van der Waals surface area (Å²) in [5, 5.41) is 9.37. The van der Waals surface area contributed by atoms with E-state index in [-0.39, 0.29) is 0 Å². The molecule has 2 heteroatoms. The summed E-state index contributed by atoms with van der Waals surface area (Å²) in [5.74, 6) is 0.300. The van der Waals surface area contributed by atoms with Crippen molar-refractivity contribution in [1.29, 1.82) is 0 Å². The largest absolute Gasteiger partial charge is 0.508 e. The summed E-state index contributed by atoms with van der Waals surface area (Å²) in [6.07, 6.45) is 11.9. The number of aromatic hydroxyl groups is 1. The van der Waals surface area contributed by atoms with Gasteiger partial charge in [-0.2, -0.15) is 0 Å². The quantitative estimate of drug-likeness (QED) is 0.449. The van der Waals surface area contributed by atoms with Crippen molar-refractivity contribution in [3.05, 3.63) is 60.2 Å². The van der Waals surface area contributed by atoms with E-state index in [9.17, 15) is 5.11 Å². The molecule has 0 amide bonds. The Morgan fingerprint density at radius 2 is 1.58 bits per heavy atom. The monoisotopic (exact) mass is 352 g/mol. The summed E-state index contributed by atoms with van der Waals surface area (Å²) < 4.78 is 5.83. The number of ether oxygens (including phenoxy) is 1. The Bertz CT molecular complexity index is 641. The Hall–Kier alpha value is -2.06.